The summed E-state index contributed by atoms with van der Waals surface area (Å²) in [5.74, 6) is -0.960. The van der Waals surface area contributed by atoms with Crippen molar-refractivity contribution in [2.75, 3.05) is 0 Å². The van der Waals surface area contributed by atoms with Gasteiger partial charge in [-0.05, 0) is 11.5 Å². The van der Waals surface area contributed by atoms with Crippen LogP contribution < -0.4 is 0 Å². The lowest BCUT2D eigenvalue weighted by Gasteiger charge is -2.05. The third kappa shape index (κ3) is 3.54. The normalized spacial score (nSPS) is 11.9. The van der Waals surface area contributed by atoms with Crippen LogP contribution in [0.3, 0.4) is 0 Å². The lowest BCUT2D eigenvalue weighted by molar-refractivity contribution is -0.387. The van der Waals surface area contributed by atoms with Crippen LogP contribution in [0, 0.1) is 10.1 Å². The highest BCUT2D eigenvalue weighted by atomic mass is 32.2. The summed E-state index contributed by atoms with van der Waals surface area (Å²) in [4.78, 5) is 8.95. The Hall–Kier alpha value is -3.57. The SMILES string of the molecule is O=[N+]([O-])c1cc(N=Nc2c(O)ccc3ccccc23)c(O)cc1S(=O)(=O)O. The summed E-state index contributed by atoms with van der Waals surface area (Å²) in [7, 11) is -4.93. The highest BCUT2D eigenvalue weighted by molar-refractivity contribution is 7.86. The molecule has 0 aliphatic rings. The van der Waals surface area contributed by atoms with E-state index in [0.29, 0.717) is 17.5 Å². The van der Waals surface area contributed by atoms with Crippen LogP contribution in [0.15, 0.2) is 63.7 Å². The zero-order chi connectivity index (χ0) is 19.8. The Morgan fingerprint density at radius 1 is 0.963 bits per heavy atom. The Balaban J connectivity index is 2.16. The van der Waals surface area contributed by atoms with Crippen LogP contribution in [0.5, 0.6) is 11.5 Å². The van der Waals surface area contributed by atoms with Crippen molar-refractivity contribution in [3.8, 4) is 11.5 Å². The summed E-state index contributed by atoms with van der Waals surface area (Å²) in [5.41, 5.74) is -1.33. The van der Waals surface area contributed by atoms with Gasteiger partial charge in [-0.1, -0.05) is 30.3 Å². The van der Waals surface area contributed by atoms with Gasteiger partial charge in [-0.15, -0.1) is 10.2 Å². The van der Waals surface area contributed by atoms with Crippen LogP contribution in [0.1, 0.15) is 0 Å². The third-order valence-corrected chi connectivity index (χ3v) is 4.55. The van der Waals surface area contributed by atoms with Crippen LogP contribution in [-0.4, -0.2) is 28.1 Å². The molecule has 27 heavy (non-hydrogen) atoms. The van der Waals surface area contributed by atoms with Crippen molar-refractivity contribution >= 4 is 38.0 Å². The second-order valence-corrected chi connectivity index (χ2v) is 6.79. The minimum atomic E-state index is -4.93. The van der Waals surface area contributed by atoms with Crippen LogP contribution >= 0.6 is 0 Å². The quantitative estimate of drug-likeness (QED) is 0.264. The molecule has 3 aromatic rings. The number of fused-ring (bicyclic) bond motifs is 1. The number of aromatic hydroxyl groups is 2. The van der Waals surface area contributed by atoms with E-state index in [9.17, 15) is 28.7 Å². The van der Waals surface area contributed by atoms with E-state index in [-0.39, 0.29) is 11.4 Å². The van der Waals surface area contributed by atoms with E-state index in [1.807, 2.05) is 0 Å². The van der Waals surface area contributed by atoms with E-state index in [1.165, 1.54) is 6.07 Å². The van der Waals surface area contributed by atoms with Crippen molar-refractivity contribution in [2.24, 2.45) is 10.2 Å². The molecule has 10 nitrogen and oxygen atoms in total. The number of rotatable bonds is 4. The Morgan fingerprint density at radius 2 is 1.67 bits per heavy atom. The predicted octanol–water partition coefficient (Wildman–Crippen LogP) is 3.82. The Kier molecular flexibility index (Phi) is 4.47. The maximum absolute atomic E-state index is 11.2. The van der Waals surface area contributed by atoms with Gasteiger partial charge in [0.1, 0.15) is 22.9 Å². The number of hydrogen-bond donors (Lipinski definition) is 3. The molecule has 0 saturated carbocycles. The molecule has 3 aromatic carbocycles. The number of benzene rings is 3. The highest BCUT2D eigenvalue weighted by Crippen LogP contribution is 2.40. The van der Waals surface area contributed by atoms with E-state index in [4.69, 9.17) is 4.55 Å². The minimum absolute atomic E-state index is 0.0639. The molecule has 0 amide bonds. The molecule has 0 unspecified atom stereocenters. The van der Waals surface area contributed by atoms with Gasteiger partial charge in [-0.2, -0.15) is 8.42 Å². The molecule has 0 spiro atoms. The lowest BCUT2D eigenvalue weighted by atomic mass is 10.1. The van der Waals surface area contributed by atoms with Gasteiger partial charge in [0.15, 0.2) is 4.90 Å². The second-order valence-electron chi connectivity index (χ2n) is 5.40. The molecule has 0 atom stereocenters. The monoisotopic (exact) mass is 389 g/mol. The van der Waals surface area contributed by atoms with Gasteiger partial charge in [0, 0.05) is 17.5 Å². The van der Waals surface area contributed by atoms with Crippen LogP contribution in [0.2, 0.25) is 0 Å². The fourth-order valence-corrected chi connectivity index (χ4v) is 3.09. The van der Waals surface area contributed by atoms with Crippen LogP contribution in [0.4, 0.5) is 17.1 Å². The molecule has 11 heteroatoms. The van der Waals surface area contributed by atoms with E-state index in [2.05, 4.69) is 10.2 Å². The summed E-state index contributed by atoms with van der Waals surface area (Å²) < 4.78 is 31.6. The molecule has 0 aliphatic carbocycles. The highest BCUT2D eigenvalue weighted by Gasteiger charge is 2.27. The van der Waals surface area contributed by atoms with Crippen molar-refractivity contribution in [3.63, 3.8) is 0 Å². The van der Waals surface area contributed by atoms with Gasteiger partial charge in [0.2, 0.25) is 0 Å². The average molecular weight is 389 g/mol. The summed E-state index contributed by atoms with van der Waals surface area (Å²) >= 11 is 0. The standard InChI is InChI=1S/C16H11N3O7S/c20-13-6-5-9-3-1-2-4-10(9)16(13)18-17-11-7-12(19(22)23)15(8-14(11)21)27(24,25)26/h1-8,20-21H,(H,24,25,26). The van der Waals surface area contributed by atoms with E-state index < -0.39 is 37.1 Å². The Labute approximate surface area is 151 Å². The predicted molar refractivity (Wildman–Crippen MR) is 94.4 cm³/mol. The summed E-state index contributed by atoms with van der Waals surface area (Å²) in [6, 6.07) is 11.2. The molecule has 0 heterocycles. The van der Waals surface area contributed by atoms with E-state index >= 15 is 0 Å². The minimum Gasteiger partial charge on any atom is -0.506 e. The largest absolute Gasteiger partial charge is 0.506 e. The van der Waals surface area contributed by atoms with E-state index in [0.717, 1.165) is 5.39 Å². The van der Waals surface area contributed by atoms with Gasteiger partial charge in [-0.3, -0.25) is 14.7 Å². The Bertz CT molecular complexity index is 1210. The topological polar surface area (TPSA) is 163 Å². The first-order valence-corrected chi connectivity index (χ1v) is 8.74. The van der Waals surface area contributed by atoms with Crippen molar-refractivity contribution in [1.29, 1.82) is 0 Å². The average Bonchev–Trinajstić information content (AvgIpc) is 2.60. The lowest BCUT2D eigenvalue weighted by Crippen LogP contribution is -2.03. The van der Waals surface area contributed by atoms with Crippen molar-refractivity contribution in [3.05, 3.63) is 58.6 Å². The summed E-state index contributed by atoms with van der Waals surface area (Å²) in [6.07, 6.45) is 0. The molecule has 0 fully saturated rings. The molecule has 3 N–H and O–H groups in total. The smallest absolute Gasteiger partial charge is 0.301 e. The Morgan fingerprint density at radius 3 is 2.33 bits per heavy atom. The fraction of sp³-hybridized carbons (Fsp3) is 0. The first-order valence-electron chi connectivity index (χ1n) is 7.30. The van der Waals surface area contributed by atoms with Gasteiger partial charge in [0.25, 0.3) is 5.69 Å². The summed E-state index contributed by atoms with van der Waals surface area (Å²) in [6.45, 7) is 0. The molecule has 0 saturated heterocycles. The van der Waals surface area contributed by atoms with Crippen LogP contribution in [0.25, 0.3) is 10.8 Å². The van der Waals surface area contributed by atoms with Crippen molar-refractivity contribution in [2.45, 2.75) is 4.90 Å². The first-order chi connectivity index (χ1) is 12.7. The maximum atomic E-state index is 11.2. The molecule has 0 aliphatic heterocycles. The molecule has 0 radical (unpaired) electrons. The first kappa shape index (κ1) is 18.2. The zero-order valence-corrected chi connectivity index (χ0v) is 14.2. The maximum Gasteiger partial charge on any atom is 0.301 e. The van der Waals surface area contributed by atoms with Gasteiger partial charge >= 0.3 is 10.1 Å². The van der Waals surface area contributed by atoms with Gasteiger partial charge in [-0.25, -0.2) is 0 Å². The van der Waals surface area contributed by atoms with Crippen LogP contribution in [-0.2, 0) is 10.1 Å². The van der Waals surface area contributed by atoms with Crippen molar-refractivity contribution < 1.29 is 28.1 Å². The molecule has 3 rings (SSSR count). The van der Waals surface area contributed by atoms with Crippen molar-refractivity contribution in [1.82, 2.24) is 0 Å². The van der Waals surface area contributed by atoms with Gasteiger partial charge in [0.05, 0.1) is 4.92 Å². The zero-order valence-electron chi connectivity index (χ0n) is 13.3. The number of azo groups is 1. The molecule has 138 valence electrons. The van der Waals surface area contributed by atoms with Gasteiger partial charge < -0.3 is 10.2 Å². The number of phenolic OH excluding ortho intramolecular Hbond substituents is 2. The number of nitrogens with zero attached hydrogens (tertiary/aromatic N) is 3. The van der Waals surface area contributed by atoms with E-state index in [1.54, 1.807) is 30.3 Å². The number of nitro benzene ring substituents is 1. The third-order valence-electron chi connectivity index (χ3n) is 3.67. The number of hydrogen-bond acceptors (Lipinski definition) is 8. The molecule has 0 bridgehead atoms. The number of phenols is 2. The molecular weight excluding hydrogens is 378 g/mol. The fourth-order valence-electron chi connectivity index (χ4n) is 2.43. The second kappa shape index (κ2) is 6.63. The molecular formula is C16H11N3O7S. The number of nitro groups is 1. The molecule has 0 aromatic heterocycles. The summed E-state index contributed by atoms with van der Waals surface area (Å²) in [5, 5.41) is 39.8.